The van der Waals surface area contributed by atoms with Gasteiger partial charge in [0.2, 0.25) is 5.91 Å². The van der Waals surface area contributed by atoms with E-state index in [4.69, 9.17) is 0 Å². The number of carbonyl (C=O) groups excluding carboxylic acids is 2. The van der Waals surface area contributed by atoms with E-state index in [0.29, 0.717) is 24.0 Å². The Morgan fingerprint density at radius 3 is 2.20 bits per heavy atom. The van der Waals surface area contributed by atoms with Crippen molar-refractivity contribution < 1.29 is 22.8 Å². The molecule has 156 valence electrons. The number of aliphatic imine (C=N–C) groups is 1. The van der Waals surface area contributed by atoms with Crippen LogP contribution in [-0.2, 0) is 9.59 Å². The Morgan fingerprint density at radius 2 is 1.67 bits per heavy atom. The molecule has 8 heteroatoms. The SMILES string of the molecule is CC(c1ccccc1)N1C(=O)C(NC(=O)C2CC2)(C(F)(F)F)N=C1c1ccccc1. The normalized spacial score (nSPS) is 22.6. The van der Waals surface area contributed by atoms with E-state index in [0.717, 1.165) is 4.90 Å². The first kappa shape index (κ1) is 20.1. The fraction of sp³-hybridized carbons (Fsp3) is 0.318. The average Bonchev–Trinajstić information content (AvgIpc) is 3.54. The summed E-state index contributed by atoms with van der Waals surface area (Å²) in [6.45, 7) is 1.64. The smallest absolute Gasteiger partial charge is 0.316 e. The van der Waals surface area contributed by atoms with E-state index >= 15 is 0 Å². The summed E-state index contributed by atoms with van der Waals surface area (Å²) < 4.78 is 42.8. The summed E-state index contributed by atoms with van der Waals surface area (Å²) in [4.78, 5) is 30.5. The number of hydrogen-bond donors (Lipinski definition) is 1. The molecule has 1 saturated carbocycles. The maximum Gasteiger partial charge on any atom is 0.442 e. The van der Waals surface area contributed by atoms with Gasteiger partial charge in [0.1, 0.15) is 5.84 Å². The standard InChI is InChI=1S/C22H20F3N3O2/c1-14(15-8-4-2-5-9-15)28-18(16-10-6-3-7-11-16)26-21(20(28)30,22(23,24)25)27-19(29)17-12-13-17/h2-11,14,17H,12-13H2,1H3,(H,27,29). The second-order valence-corrected chi connectivity index (χ2v) is 7.53. The highest BCUT2D eigenvalue weighted by Crippen LogP contribution is 2.42. The minimum absolute atomic E-state index is 0.120. The number of carbonyl (C=O) groups is 2. The molecule has 2 atom stereocenters. The topological polar surface area (TPSA) is 61.8 Å². The highest BCUT2D eigenvalue weighted by Gasteiger charge is 2.68. The van der Waals surface area contributed by atoms with E-state index < -0.39 is 35.6 Å². The molecular formula is C22H20F3N3O2. The summed E-state index contributed by atoms with van der Waals surface area (Å²) >= 11 is 0. The molecule has 1 aliphatic heterocycles. The van der Waals surface area contributed by atoms with Gasteiger partial charge >= 0.3 is 11.8 Å². The summed E-state index contributed by atoms with van der Waals surface area (Å²) in [5.74, 6) is -2.73. The molecule has 0 aromatic heterocycles. The molecule has 1 fully saturated rings. The quantitative estimate of drug-likeness (QED) is 0.807. The molecule has 30 heavy (non-hydrogen) atoms. The zero-order valence-corrected chi connectivity index (χ0v) is 16.2. The van der Waals surface area contributed by atoms with Gasteiger partial charge in [-0.15, -0.1) is 0 Å². The van der Waals surface area contributed by atoms with Crippen molar-refractivity contribution in [3.63, 3.8) is 0 Å². The van der Waals surface area contributed by atoms with Crippen LogP contribution in [0, 0.1) is 5.92 Å². The van der Waals surface area contributed by atoms with Crippen LogP contribution in [0.5, 0.6) is 0 Å². The van der Waals surface area contributed by atoms with Crippen molar-refractivity contribution in [3.8, 4) is 0 Å². The minimum Gasteiger partial charge on any atom is -0.316 e. The Hall–Kier alpha value is -3.16. The number of nitrogens with zero attached hydrogens (tertiary/aromatic N) is 2. The van der Waals surface area contributed by atoms with Gasteiger partial charge in [0.15, 0.2) is 0 Å². The third-order valence-electron chi connectivity index (χ3n) is 5.39. The average molecular weight is 415 g/mol. The van der Waals surface area contributed by atoms with Crippen LogP contribution in [0.4, 0.5) is 13.2 Å². The van der Waals surface area contributed by atoms with Gasteiger partial charge < -0.3 is 5.32 Å². The van der Waals surface area contributed by atoms with Crippen LogP contribution in [0.25, 0.3) is 0 Å². The molecular weight excluding hydrogens is 395 g/mol. The Kier molecular flexibility index (Phi) is 4.88. The zero-order valence-electron chi connectivity index (χ0n) is 16.2. The minimum atomic E-state index is -5.10. The Balaban J connectivity index is 1.84. The molecule has 0 saturated heterocycles. The number of benzene rings is 2. The van der Waals surface area contributed by atoms with Crippen LogP contribution in [0.1, 0.15) is 36.9 Å². The molecule has 0 radical (unpaired) electrons. The second-order valence-electron chi connectivity index (χ2n) is 7.53. The number of amidine groups is 1. The first-order valence-electron chi connectivity index (χ1n) is 9.67. The number of amides is 2. The molecule has 2 aliphatic rings. The number of hydrogen-bond acceptors (Lipinski definition) is 3. The number of nitrogens with one attached hydrogen (secondary N) is 1. The van der Waals surface area contributed by atoms with Crippen LogP contribution in [0.2, 0.25) is 0 Å². The number of rotatable bonds is 5. The van der Waals surface area contributed by atoms with Gasteiger partial charge in [-0.3, -0.25) is 14.5 Å². The lowest BCUT2D eigenvalue weighted by atomic mass is 10.0. The van der Waals surface area contributed by atoms with Crippen molar-refractivity contribution >= 4 is 17.6 Å². The maximum absolute atomic E-state index is 14.3. The molecule has 1 aliphatic carbocycles. The maximum atomic E-state index is 14.3. The van der Waals surface area contributed by atoms with E-state index in [1.807, 2.05) is 5.32 Å². The predicted octanol–water partition coefficient (Wildman–Crippen LogP) is 3.82. The highest BCUT2D eigenvalue weighted by molar-refractivity contribution is 6.16. The first-order valence-corrected chi connectivity index (χ1v) is 9.67. The Labute approximate surface area is 171 Å². The summed E-state index contributed by atoms with van der Waals surface area (Å²) in [6, 6.07) is 16.2. The molecule has 2 amide bonds. The van der Waals surface area contributed by atoms with E-state index in [9.17, 15) is 22.8 Å². The molecule has 2 unspecified atom stereocenters. The largest absolute Gasteiger partial charge is 0.442 e. The van der Waals surface area contributed by atoms with Gasteiger partial charge in [-0.1, -0.05) is 60.7 Å². The summed E-state index contributed by atoms with van der Waals surface area (Å²) in [5.41, 5.74) is -2.32. The van der Waals surface area contributed by atoms with Crippen LogP contribution >= 0.6 is 0 Å². The van der Waals surface area contributed by atoms with E-state index in [1.165, 1.54) is 0 Å². The number of alkyl halides is 3. The fourth-order valence-corrected chi connectivity index (χ4v) is 3.52. The van der Waals surface area contributed by atoms with E-state index in [1.54, 1.807) is 67.6 Å². The summed E-state index contributed by atoms with van der Waals surface area (Å²) in [7, 11) is 0. The summed E-state index contributed by atoms with van der Waals surface area (Å²) in [5, 5.41) is 1.94. The van der Waals surface area contributed by atoms with Gasteiger partial charge in [-0.25, -0.2) is 4.99 Å². The van der Waals surface area contributed by atoms with Crippen LogP contribution in [0.3, 0.4) is 0 Å². The van der Waals surface area contributed by atoms with Crippen molar-refractivity contribution in [2.45, 2.75) is 37.6 Å². The molecule has 2 aromatic rings. The third kappa shape index (κ3) is 3.36. The highest BCUT2D eigenvalue weighted by atomic mass is 19.4. The van der Waals surface area contributed by atoms with Crippen molar-refractivity contribution in [1.29, 1.82) is 0 Å². The van der Waals surface area contributed by atoms with Crippen molar-refractivity contribution in [2.75, 3.05) is 0 Å². The van der Waals surface area contributed by atoms with Gasteiger partial charge in [0.05, 0.1) is 6.04 Å². The van der Waals surface area contributed by atoms with E-state index in [-0.39, 0.29) is 5.84 Å². The monoisotopic (exact) mass is 415 g/mol. The van der Waals surface area contributed by atoms with Gasteiger partial charge in [-0.2, -0.15) is 13.2 Å². The second kappa shape index (κ2) is 7.27. The molecule has 0 spiro atoms. The predicted molar refractivity (Wildman–Crippen MR) is 104 cm³/mol. The fourth-order valence-electron chi connectivity index (χ4n) is 3.52. The van der Waals surface area contributed by atoms with E-state index in [2.05, 4.69) is 4.99 Å². The summed E-state index contributed by atoms with van der Waals surface area (Å²) in [6.07, 6.45) is -4.08. The lowest BCUT2D eigenvalue weighted by molar-refractivity contribution is -0.200. The van der Waals surface area contributed by atoms with Gasteiger partial charge in [0, 0.05) is 11.5 Å². The van der Waals surface area contributed by atoms with Crippen LogP contribution in [0.15, 0.2) is 65.7 Å². The molecule has 2 aromatic carbocycles. The van der Waals surface area contributed by atoms with Gasteiger partial charge in [-0.05, 0) is 25.3 Å². The first-order chi connectivity index (χ1) is 14.2. The van der Waals surface area contributed by atoms with Gasteiger partial charge in [0.25, 0.3) is 5.91 Å². The molecule has 0 bridgehead atoms. The lowest BCUT2D eigenvalue weighted by Gasteiger charge is -2.31. The van der Waals surface area contributed by atoms with Crippen molar-refractivity contribution in [2.24, 2.45) is 10.9 Å². The molecule has 1 heterocycles. The third-order valence-corrected chi connectivity index (χ3v) is 5.39. The van der Waals surface area contributed by atoms with Crippen LogP contribution in [-0.4, -0.2) is 34.4 Å². The number of halogens is 3. The molecule has 5 nitrogen and oxygen atoms in total. The van der Waals surface area contributed by atoms with Crippen molar-refractivity contribution in [3.05, 3.63) is 71.8 Å². The van der Waals surface area contributed by atoms with Crippen LogP contribution < -0.4 is 5.32 Å². The molecule has 1 N–H and O–H groups in total. The molecule has 4 rings (SSSR count). The Bertz CT molecular complexity index is 988. The zero-order chi connectivity index (χ0) is 21.5. The lowest BCUT2D eigenvalue weighted by Crippen LogP contribution is -2.63. The Morgan fingerprint density at radius 1 is 1.10 bits per heavy atom. The van der Waals surface area contributed by atoms with Crippen molar-refractivity contribution in [1.82, 2.24) is 10.2 Å².